The largest absolute Gasteiger partial charge is 0.476 e. The van der Waals surface area contributed by atoms with Crippen LogP contribution in [-0.2, 0) is 6.54 Å². The van der Waals surface area contributed by atoms with E-state index in [0.29, 0.717) is 12.6 Å². The zero-order valence-electron chi connectivity index (χ0n) is 8.39. The molecule has 1 fully saturated rings. The van der Waals surface area contributed by atoms with Gasteiger partial charge in [0.15, 0.2) is 5.69 Å². The lowest BCUT2D eigenvalue weighted by atomic mass is 10.1. The second kappa shape index (κ2) is 4.39. The monoisotopic (exact) mass is 210 g/mol. The molecule has 1 aliphatic heterocycles. The van der Waals surface area contributed by atoms with Gasteiger partial charge in [0.05, 0.1) is 12.7 Å². The Morgan fingerprint density at radius 3 is 3.20 bits per heavy atom. The molecule has 1 aromatic rings. The van der Waals surface area contributed by atoms with Gasteiger partial charge >= 0.3 is 5.97 Å². The van der Waals surface area contributed by atoms with E-state index < -0.39 is 5.97 Å². The van der Waals surface area contributed by atoms with Crippen molar-refractivity contribution in [3.05, 3.63) is 11.9 Å². The number of aromatic nitrogens is 3. The van der Waals surface area contributed by atoms with Gasteiger partial charge in [-0.3, -0.25) is 0 Å². The lowest BCUT2D eigenvalue weighted by Crippen LogP contribution is -2.38. The summed E-state index contributed by atoms with van der Waals surface area (Å²) in [5, 5.41) is 19.6. The maximum atomic E-state index is 10.8. The van der Waals surface area contributed by atoms with Crippen LogP contribution in [0.1, 0.15) is 29.8 Å². The van der Waals surface area contributed by atoms with Crippen molar-refractivity contribution >= 4 is 5.97 Å². The van der Waals surface area contributed by atoms with Crippen LogP contribution in [0, 0.1) is 0 Å². The molecule has 0 bridgehead atoms. The molecule has 6 nitrogen and oxygen atoms in total. The molecule has 0 spiro atoms. The van der Waals surface area contributed by atoms with Crippen molar-refractivity contribution in [3.8, 4) is 0 Å². The van der Waals surface area contributed by atoms with Crippen molar-refractivity contribution in [2.75, 3.05) is 6.54 Å². The predicted octanol–water partition coefficient (Wildman–Crippen LogP) is 0.118. The second-order valence-electron chi connectivity index (χ2n) is 3.75. The van der Waals surface area contributed by atoms with E-state index in [4.69, 9.17) is 5.11 Å². The molecule has 1 unspecified atom stereocenters. The maximum absolute atomic E-state index is 10.8. The Labute approximate surface area is 87.3 Å². The van der Waals surface area contributed by atoms with E-state index in [1.165, 1.54) is 23.7 Å². The number of aromatic carboxylic acids is 1. The Hall–Kier alpha value is -1.43. The van der Waals surface area contributed by atoms with Crippen molar-refractivity contribution in [3.63, 3.8) is 0 Å². The first-order valence-electron chi connectivity index (χ1n) is 5.12. The zero-order valence-corrected chi connectivity index (χ0v) is 8.39. The van der Waals surface area contributed by atoms with Gasteiger partial charge in [-0.15, -0.1) is 5.10 Å². The van der Waals surface area contributed by atoms with Crippen molar-refractivity contribution in [2.45, 2.75) is 31.8 Å². The summed E-state index contributed by atoms with van der Waals surface area (Å²) in [6, 6.07) is 0.318. The molecule has 2 heterocycles. The highest BCUT2D eigenvalue weighted by Gasteiger charge is 2.17. The molecule has 1 saturated heterocycles. The summed E-state index contributed by atoms with van der Waals surface area (Å²) in [4.78, 5) is 10.8. The zero-order chi connectivity index (χ0) is 10.7. The topological polar surface area (TPSA) is 80.0 Å². The molecule has 2 rings (SSSR count). The highest BCUT2D eigenvalue weighted by molar-refractivity contribution is 5.85. The number of nitrogens with one attached hydrogen (secondary N) is 1. The summed E-state index contributed by atoms with van der Waals surface area (Å²) in [6.45, 7) is 1.59. The molecule has 0 radical (unpaired) electrons. The number of carboxylic acid groups (broad SMARTS) is 1. The number of piperidine rings is 1. The average Bonchev–Trinajstić information content (AvgIpc) is 2.67. The van der Waals surface area contributed by atoms with Gasteiger partial charge in [-0.2, -0.15) is 0 Å². The summed E-state index contributed by atoms with van der Waals surface area (Å²) >= 11 is 0. The molecule has 0 aromatic carbocycles. The Morgan fingerprint density at radius 1 is 1.67 bits per heavy atom. The van der Waals surface area contributed by atoms with E-state index in [9.17, 15) is 4.79 Å². The molecule has 2 N–H and O–H groups in total. The van der Waals surface area contributed by atoms with E-state index >= 15 is 0 Å². The summed E-state index contributed by atoms with van der Waals surface area (Å²) < 4.78 is 1.45. The Balaban J connectivity index is 2.03. The van der Waals surface area contributed by atoms with Gasteiger partial charge in [-0.1, -0.05) is 11.6 Å². The van der Waals surface area contributed by atoms with Crippen LogP contribution in [-0.4, -0.2) is 38.7 Å². The van der Waals surface area contributed by atoms with Crippen molar-refractivity contribution in [1.29, 1.82) is 0 Å². The molecule has 0 saturated carbocycles. The Kier molecular flexibility index (Phi) is 2.96. The molecule has 0 amide bonds. The van der Waals surface area contributed by atoms with E-state index in [1.807, 2.05) is 0 Å². The van der Waals surface area contributed by atoms with Gasteiger partial charge in [-0.25, -0.2) is 9.48 Å². The molecular formula is C9H14N4O2. The SMILES string of the molecule is O=C(O)c1cnnn1CC1CCCCN1. The molecule has 82 valence electrons. The van der Waals surface area contributed by atoms with Crippen LogP contribution in [0.15, 0.2) is 6.20 Å². The van der Waals surface area contributed by atoms with Crippen LogP contribution in [0.2, 0.25) is 0 Å². The number of nitrogens with zero attached hydrogens (tertiary/aromatic N) is 3. The van der Waals surface area contributed by atoms with Crippen molar-refractivity contribution in [1.82, 2.24) is 20.3 Å². The van der Waals surface area contributed by atoms with Crippen LogP contribution in [0.4, 0.5) is 0 Å². The molecule has 1 atom stereocenters. The minimum Gasteiger partial charge on any atom is -0.476 e. The van der Waals surface area contributed by atoms with Gasteiger partial charge in [0.2, 0.25) is 0 Å². The highest BCUT2D eigenvalue weighted by atomic mass is 16.4. The maximum Gasteiger partial charge on any atom is 0.355 e. The first kappa shape index (κ1) is 10.1. The summed E-state index contributed by atoms with van der Waals surface area (Å²) in [5.74, 6) is -0.976. The minimum absolute atomic E-state index is 0.155. The number of rotatable bonds is 3. The molecule has 0 aliphatic carbocycles. The first-order chi connectivity index (χ1) is 7.27. The smallest absolute Gasteiger partial charge is 0.355 e. The van der Waals surface area contributed by atoms with Gasteiger partial charge in [0.25, 0.3) is 0 Å². The Bertz CT molecular complexity index is 344. The van der Waals surface area contributed by atoms with Gasteiger partial charge in [0.1, 0.15) is 0 Å². The number of carboxylic acids is 1. The quantitative estimate of drug-likeness (QED) is 0.740. The molecule has 15 heavy (non-hydrogen) atoms. The summed E-state index contributed by atoms with van der Waals surface area (Å²) in [5.41, 5.74) is 0.155. The first-order valence-corrected chi connectivity index (χ1v) is 5.12. The summed E-state index contributed by atoms with van der Waals surface area (Å²) in [7, 11) is 0. The van der Waals surface area contributed by atoms with E-state index in [1.54, 1.807) is 0 Å². The van der Waals surface area contributed by atoms with Crippen molar-refractivity contribution in [2.24, 2.45) is 0 Å². The van der Waals surface area contributed by atoms with E-state index in [2.05, 4.69) is 15.6 Å². The van der Waals surface area contributed by atoms with Gasteiger partial charge in [0, 0.05) is 6.04 Å². The summed E-state index contributed by atoms with van der Waals surface area (Å²) in [6.07, 6.45) is 4.73. The van der Waals surface area contributed by atoms with Gasteiger partial charge in [-0.05, 0) is 19.4 Å². The number of carbonyl (C=O) groups is 1. The van der Waals surface area contributed by atoms with Crippen LogP contribution >= 0.6 is 0 Å². The van der Waals surface area contributed by atoms with Crippen LogP contribution in [0.5, 0.6) is 0 Å². The predicted molar refractivity (Wildman–Crippen MR) is 52.6 cm³/mol. The van der Waals surface area contributed by atoms with Crippen molar-refractivity contribution < 1.29 is 9.90 Å². The van der Waals surface area contributed by atoms with E-state index in [0.717, 1.165) is 13.0 Å². The minimum atomic E-state index is -0.976. The average molecular weight is 210 g/mol. The molecule has 1 aliphatic rings. The third-order valence-corrected chi connectivity index (χ3v) is 2.64. The highest BCUT2D eigenvalue weighted by Crippen LogP contribution is 2.09. The number of hydrogen-bond acceptors (Lipinski definition) is 4. The van der Waals surface area contributed by atoms with Crippen LogP contribution in [0.3, 0.4) is 0 Å². The molecule has 1 aromatic heterocycles. The fraction of sp³-hybridized carbons (Fsp3) is 0.667. The fourth-order valence-electron chi connectivity index (χ4n) is 1.85. The normalized spacial score (nSPS) is 21.5. The molecular weight excluding hydrogens is 196 g/mol. The number of hydrogen-bond donors (Lipinski definition) is 2. The second-order valence-corrected chi connectivity index (χ2v) is 3.75. The molecule has 6 heteroatoms. The van der Waals surface area contributed by atoms with Gasteiger partial charge < -0.3 is 10.4 Å². The standard InChI is InChI=1S/C9H14N4O2/c14-9(15)8-5-11-12-13(8)6-7-3-1-2-4-10-7/h5,7,10H,1-4,6H2,(H,14,15). The van der Waals surface area contributed by atoms with Crippen LogP contribution in [0.25, 0.3) is 0 Å². The van der Waals surface area contributed by atoms with Crippen LogP contribution < -0.4 is 5.32 Å². The Morgan fingerprint density at radius 2 is 2.53 bits per heavy atom. The lowest BCUT2D eigenvalue weighted by molar-refractivity contribution is 0.0682. The fourth-order valence-corrected chi connectivity index (χ4v) is 1.85. The lowest BCUT2D eigenvalue weighted by Gasteiger charge is -2.23. The third-order valence-electron chi connectivity index (χ3n) is 2.64. The third kappa shape index (κ3) is 2.33. The van der Waals surface area contributed by atoms with E-state index in [-0.39, 0.29) is 5.69 Å².